The monoisotopic (exact) mass is 1610 g/mol. The predicted molar refractivity (Wildman–Crippen MR) is 391 cm³/mol. The summed E-state index contributed by atoms with van der Waals surface area (Å²) in [5, 5.41) is 136. The van der Waals surface area contributed by atoms with Crippen molar-refractivity contribution in [3.05, 3.63) is 0 Å². The van der Waals surface area contributed by atoms with Crippen molar-refractivity contribution >= 4 is 52.8 Å². The fraction of sp³-hybridized carbons (Fsp3) is 0.959. The van der Waals surface area contributed by atoms with E-state index in [4.69, 9.17) is 101 Å². The van der Waals surface area contributed by atoms with Crippen LogP contribution in [0.4, 0.5) is 4.79 Å². The SMILES string of the molecule is CCCCCCCCCCCCCCCCOCC(COCCOCCOCCO[C@@H]1O[C@H](CO)[C@@H](O[C@@H]2O[C@H](CO)[C@H](O)[C@H](O[C@]3(C(=O)O)C[C@H](O)[C@@H](NC(C)=O)[C@H]([C@H](O)[C@H](O)CO)O3)[C@H]2O)[C@H](O[C@@H]2O[C@@H](C)[C@H](O)[C@@H](O)[C@H]2O)[C@H]1NC(=O)OCC(Cl)(Cl)Cl)OCCCCCCCCCCCCCCCC. The molecule has 0 radical (unpaired) electrons. The van der Waals surface area contributed by atoms with Crippen molar-refractivity contribution in [2.24, 2.45) is 0 Å². The number of amides is 2. The molecular weight excluding hydrogens is 1480 g/mol. The number of ether oxygens (including phenoxy) is 14. The Hall–Kier alpha value is -1.88. The van der Waals surface area contributed by atoms with Gasteiger partial charge in [-0.1, -0.05) is 216 Å². The van der Waals surface area contributed by atoms with Crippen molar-refractivity contribution in [1.82, 2.24) is 10.6 Å². The summed E-state index contributed by atoms with van der Waals surface area (Å²) in [7, 11) is 0. The lowest BCUT2D eigenvalue weighted by Crippen LogP contribution is -2.71. The average Bonchev–Trinajstić information content (AvgIpc) is 0.755. The van der Waals surface area contributed by atoms with Crippen molar-refractivity contribution < 1.29 is 142 Å². The molecule has 4 aliphatic rings. The van der Waals surface area contributed by atoms with Gasteiger partial charge in [-0.05, 0) is 19.8 Å². The zero-order valence-electron chi connectivity index (χ0n) is 63.5. The fourth-order valence-corrected chi connectivity index (χ4v) is 13.6. The number of hydrogen-bond donors (Lipinski definition) is 14. The summed E-state index contributed by atoms with van der Waals surface area (Å²) in [6.45, 7) is 5.00. The van der Waals surface area contributed by atoms with Crippen molar-refractivity contribution in [1.29, 1.82) is 0 Å². The second-order valence-corrected chi connectivity index (χ2v) is 31.1. The number of aliphatic hydroxyl groups is 11. The highest BCUT2D eigenvalue weighted by molar-refractivity contribution is 6.67. The van der Waals surface area contributed by atoms with E-state index in [0.29, 0.717) is 26.4 Å². The van der Waals surface area contributed by atoms with Gasteiger partial charge in [0.2, 0.25) is 9.70 Å². The smallest absolute Gasteiger partial charge is 0.407 e. The quantitative estimate of drug-likeness (QED) is 0.0276. The van der Waals surface area contributed by atoms with Crippen LogP contribution < -0.4 is 10.6 Å². The topological polar surface area (TPSA) is 447 Å². The molecule has 2 amide bonds. The normalized spacial score (nSPS) is 30.1. The molecule has 0 aromatic carbocycles. The van der Waals surface area contributed by atoms with Crippen LogP contribution in [0.1, 0.15) is 214 Å². The molecule has 4 heterocycles. The summed E-state index contributed by atoms with van der Waals surface area (Å²) in [4.78, 5) is 39.2. The molecule has 31 nitrogen and oxygen atoms in total. The maximum Gasteiger partial charge on any atom is 0.407 e. The first-order valence-electron chi connectivity index (χ1n) is 39.3. The maximum absolute atomic E-state index is 13.7. The molecule has 0 aliphatic carbocycles. The average molecular weight is 1610 g/mol. The predicted octanol–water partition coefficient (Wildman–Crippen LogP) is 5.17. The summed E-state index contributed by atoms with van der Waals surface area (Å²) in [6.07, 6.45) is -2.49. The van der Waals surface area contributed by atoms with Gasteiger partial charge in [-0.3, -0.25) is 4.79 Å². The van der Waals surface area contributed by atoms with Gasteiger partial charge in [-0.15, -0.1) is 0 Å². The molecule has 1 unspecified atom stereocenters. The molecule has 14 N–H and O–H groups in total. The summed E-state index contributed by atoms with van der Waals surface area (Å²) in [5.41, 5.74) is 0. The third-order valence-electron chi connectivity index (χ3n) is 19.6. The Kier molecular flexibility index (Phi) is 50.7. The van der Waals surface area contributed by atoms with Gasteiger partial charge in [-0.25, -0.2) is 9.59 Å². The maximum atomic E-state index is 13.7. The molecule has 4 aliphatic heterocycles. The summed E-state index contributed by atoms with van der Waals surface area (Å²) in [5.74, 6) is -6.05. The second-order valence-electron chi connectivity index (χ2n) is 28.6. The van der Waals surface area contributed by atoms with Gasteiger partial charge in [0.05, 0.1) is 90.9 Å². The van der Waals surface area contributed by atoms with Gasteiger partial charge in [0.25, 0.3) is 5.79 Å². The highest BCUT2D eigenvalue weighted by Crippen LogP contribution is 2.40. The molecule has 630 valence electrons. The van der Waals surface area contributed by atoms with E-state index in [1.165, 1.54) is 161 Å². The summed E-state index contributed by atoms with van der Waals surface area (Å²) >= 11 is 17.7. The molecule has 0 aromatic heterocycles. The minimum absolute atomic E-state index is 0.0628. The molecule has 0 saturated carbocycles. The summed E-state index contributed by atoms with van der Waals surface area (Å²) in [6, 6.07) is -3.42. The number of halogens is 3. The van der Waals surface area contributed by atoms with Crippen LogP contribution in [0.25, 0.3) is 0 Å². The Morgan fingerprint density at radius 1 is 0.523 bits per heavy atom. The first-order chi connectivity index (χ1) is 51.4. The van der Waals surface area contributed by atoms with Gasteiger partial charge in [0.1, 0.15) is 98.1 Å². The van der Waals surface area contributed by atoms with E-state index in [1.54, 1.807) is 0 Å². The number of aliphatic hydroxyl groups excluding tert-OH is 11. The molecule has 0 bridgehead atoms. The van der Waals surface area contributed by atoms with Crippen LogP contribution in [-0.2, 0) is 75.9 Å². The van der Waals surface area contributed by atoms with E-state index < -0.39 is 183 Å². The fourth-order valence-electron chi connectivity index (χ4n) is 13.4. The number of unbranched alkanes of at least 4 members (excludes halogenated alkanes) is 26. The second kappa shape index (κ2) is 55.6. The van der Waals surface area contributed by atoms with Gasteiger partial charge in [0, 0.05) is 26.6 Å². The molecule has 4 saturated heterocycles. The Morgan fingerprint density at radius 2 is 0.991 bits per heavy atom. The van der Waals surface area contributed by atoms with E-state index in [2.05, 4.69) is 24.5 Å². The van der Waals surface area contributed by atoms with Crippen LogP contribution in [0, 0.1) is 0 Å². The van der Waals surface area contributed by atoms with Crippen molar-refractivity contribution in [2.45, 2.75) is 352 Å². The first-order valence-corrected chi connectivity index (χ1v) is 40.4. The number of rotatable bonds is 60. The number of alkyl halides is 3. The number of carboxylic acids is 1. The van der Waals surface area contributed by atoms with Crippen LogP contribution >= 0.6 is 34.8 Å². The number of hydrogen-bond acceptors (Lipinski definition) is 28. The zero-order valence-corrected chi connectivity index (χ0v) is 65.7. The molecule has 22 atom stereocenters. The Balaban J connectivity index is 1.40. The summed E-state index contributed by atoms with van der Waals surface area (Å²) < 4.78 is 81.2. The molecule has 107 heavy (non-hydrogen) atoms. The number of carbonyl (C=O) groups is 3. The van der Waals surface area contributed by atoms with E-state index in [0.717, 1.165) is 32.6 Å². The van der Waals surface area contributed by atoms with Gasteiger partial charge in [-0.2, -0.15) is 0 Å². The Morgan fingerprint density at radius 3 is 1.49 bits per heavy atom. The van der Waals surface area contributed by atoms with Crippen LogP contribution in [0.2, 0.25) is 0 Å². The first kappa shape index (κ1) is 97.5. The molecule has 4 fully saturated rings. The molecule has 34 heteroatoms. The van der Waals surface area contributed by atoms with Gasteiger partial charge < -0.3 is 138 Å². The van der Waals surface area contributed by atoms with Crippen molar-refractivity contribution in [2.75, 3.05) is 92.5 Å². The minimum Gasteiger partial charge on any atom is -0.477 e. The molecular formula is C73H133Cl3N2O29. The standard InChI is InChI=1S/C73H133Cl3N2O29/c1-5-7-9-11-13-15-17-19-21-23-25-27-29-31-33-96-45-50(98-34-32-30-28-26-24-22-20-18-16-14-12-10-8-6-2)46-97-38-37-94-35-36-95-39-40-99-67-56(78-71(93)100-47-73(74,75)76)65(105-68-61(89)60(88)57(85)48(3)101-68)63(54(44-81)103-67)104-69-62(90)66(59(87)53(43-80)102-69)107-72(70(91)92)41-51(83)55(77-49(4)82)64(106-72)58(86)52(84)42-79/h48,50-69,79-81,83-90H,5-47H2,1-4H3,(H,77,82)(H,78,93)(H,91,92)/t48-,50?,51-,52+,53+,54+,55+,56+,57-,58+,59-,60+,61+,62+,63+,64+,65+,66-,67+,68-,69-,72-/m0/s1. The van der Waals surface area contributed by atoms with Crippen molar-refractivity contribution in [3.8, 4) is 0 Å². The number of carbonyl (C=O) groups excluding carboxylic acids is 2. The number of carboxylic acid groups (broad SMARTS) is 1. The Bertz CT molecular complexity index is 2300. The van der Waals surface area contributed by atoms with Crippen LogP contribution in [0.5, 0.6) is 0 Å². The van der Waals surface area contributed by atoms with Gasteiger partial charge in [0.15, 0.2) is 18.9 Å². The van der Waals surface area contributed by atoms with Crippen molar-refractivity contribution in [3.63, 3.8) is 0 Å². The third-order valence-corrected chi connectivity index (χ3v) is 19.9. The number of aliphatic carboxylic acids is 1. The highest BCUT2D eigenvalue weighted by atomic mass is 35.6. The van der Waals surface area contributed by atoms with Gasteiger partial charge >= 0.3 is 12.1 Å². The molecule has 0 spiro atoms. The third kappa shape index (κ3) is 36.7. The number of alkyl carbamates (subject to hydrolysis) is 1. The van der Waals surface area contributed by atoms with E-state index >= 15 is 0 Å². The zero-order chi connectivity index (χ0) is 78.6. The Labute approximate surface area is 647 Å². The van der Waals surface area contributed by atoms with E-state index in [9.17, 15) is 75.7 Å². The largest absolute Gasteiger partial charge is 0.477 e. The highest BCUT2D eigenvalue weighted by Gasteiger charge is 2.61. The van der Waals surface area contributed by atoms with E-state index in [-0.39, 0.29) is 45.7 Å². The van der Waals surface area contributed by atoms with E-state index in [1.807, 2.05) is 0 Å². The lowest BCUT2D eigenvalue weighted by atomic mass is 9.88. The van der Waals surface area contributed by atoms with Crippen LogP contribution in [0.3, 0.4) is 0 Å². The lowest BCUT2D eigenvalue weighted by Gasteiger charge is -2.51. The van der Waals surface area contributed by atoms with Crippen LogP contribution in [0.15, 0.2) is 0 Å². The minimum atomic E-state index is -3.20. The lowest BCUT2D eigenvalue weighted by molar-refractivity contribution is -0.391. The number of nitrogens with one attached hydrogen (secondary N) is 2. The molecule has 4 rings (SSSR count). The van der Waals surface area contributed by atoms with Crippen LogP contribution in [-0.4, -0.2) is 310 Å². The molecule has 0 aromatic rings.